The summed E-state index contributed by atoms with van der Waals surface area (Å²) < 4.78 is 56.9. The van der Waals surface area contributed by atoms with E-state index in [0.29, 0.717) is 16.7 Å². The number of carbonyl (C=O) groups excluding carboxylic acids is 1. The number of hydrogen-bond donors (Lipinski definition) is 1. The molecule has 1 aromatic carbocycles. The predicted octanol–water partition coefficient (Wildman–Crippen LogP) is 3.72. The van der Waals surface area contributed by atoms with E-state index in [9.17, 15) is 22.4 Å². The lowest BCUT2D eigenvalue weighted by atomic mass is 10.2. The van der Waals surface area contributed by atoms with E-state index < -0.39 is 41.3 Å². The first kappa shape index (κ1) is 19.1. The van der Waals surface area contributed by atoms with Crippen LogP contribution in [0.4, 0.5) is 23.2 Å². The molecule has 6 nitrogen and oxygen atoms in total. The monoisotopic (exact) mass is 445 g/mol. The number of aromatic nitrogens is 4. The minimum atomic E-state index is -1.76. The fourth-order valence-corrected chi connectivity index (χ4v) is 2.92. The Labute approximate surface area is 158 Å². The molecule has 1 amide bonds. The average molecular weight is 446 g/mol. The van der Waals surface area contributed by atoms with Crippen LogP contribution in [0, 0.1) is 23.3 Å². The molecule has 27 heavy (non-hydrogen) atoms. The lowest BCUT2D eigenvalue weighted by Crippen LogP contribution is -2.17. The smallest absolute Gasteiger partial charge is 0.275 e. The highest BCUT2D eigenvalue weighted by Gasteiger charge is 2.20. The summed E-state index contributed by atoms with van der Waals surface area (Å²) >= 11 is 3.24. The molecule has 0 aliphatic carbocycles. The summed E-state index contributed by atoms with van der Waals surface area (Å²) in [7, 11) is 0. The van der Waals surface area contributed by atoms with E-state index in [4.69, 9.17) is 0 Å². The Morgan fingerprint density at radius 3 is 2.59 bits per heavy atom. The number of carbonyl (C=O) groups is 1. The molecule has 142 valence electrons. The molecule has 0 bridgehead atoms. The first-order chi connectivity index (χ1) is 12.8. The van der Waals surface area contributed by atoms with Crippen molar-refractivity contribution in [3.8, 4) is 0 Å². The number of amides is 1. The van der Waals surface area contributed by atoms with E-state index in [-0.39, 0.29) is 11.8 Å². The fourth-order valence-electron chi connectivity index (χ4n) is 2.44. The van der Waals surface area contributed by atoms with Gasteiger partial charge in [-0.2, -0.15) is 10.2 Å². The number of nitrogens with zero attached hydrogens (tertiary/aromatic N) is 4. The van der Waals surface area contributed by atoms with Crippen LogP contribution in [-0.4, -0.2) is 25.5 Å². The van der Waals surface area contributed by atoms with E-state index in [0.717, 1.165) is 4.68 Å². The zero-order valence-electron chi connectivity index (χ0n) is 13.8. The van der Waals surface area contributed by atoms with Gasteiger partial charge in [-0.25, -0.2) is 17.6 Å². The molecular formula is C16H12BrF4N5O. The zero-order chi connectivity index (χ0) is 19.7. The molecule has 0 atom stereocenters. The molecule has 0 saturated carbocycles. The standard InChI is InChI=1S/C16H12BrF4N5O/c1-2-26-15(10(17)5-23-26)16(27)24-8-4-22-25(6-8)7-9-11(18)3-12(19)14(21)13(9)20/h3-6H,2,7H2,1H3,(H,24,27). The van der Waals surface area contributed by atoms with Crippen LogP contribution in [0.3, 0.4) is 0 Å². The largest absolute Gasteiger partial charge is 0.318 e. The van der Waals surface area contributed by atoms with Gasteiger partial charge in [-0.15, -0.1) is 0 Å². The van der Waals surface area contributed by atoms with Crippen LogP contribution in [0.25, 0.3) is 0 Å². The van der Waals surface area contributed by atoms with Gasteiger partial charge in [0, 0.05) is 24.4 Å². The number of hydrogen-bond acceptors (Lipinski definition) is 3. The molecule has 0 radical (unpaired) electrons. The molecule has 3 aromatic rings. The zero-order valence-corrected chi connectivity index (χ0v) is 15.4. The molecule has 1 N–H and O–H groups in total. The molecule has 3 rings (SSSR count). The Bertz CT molecular complexity index is 1020. The normalized spacial score (nSPS) is 11.0. The molecule has 0 unspecified atom stereocenters. The second-order valence-corrected chi connectivity index (χ2v) is 6.34. The van der Waals surface area contributed by atoms with Crippen molar-refractivity contribution in [2.45, 2.75) is 20.0 Å². The Hall–Kier alpha value is -2.69. The summed E-state index contributed by atoms with van der Waals surface area (Å²) in [5, 5.41) is 10.5. The van der Waals surface area contributed by atoms with Gasteiger partial charge in [0.15, 0.2) is 17.5 Å². The predicted molar refractivity (Wildman–Crippen MR) is 91.2 cm³/mol. The summed E-state index contributed by atoms with van der Waals surface area (Å²) in [6, 6.07) is 0.267. The van der Waals surface area contributed by atoms with Crippen molar-refractivity contribution in [1.82, 2.24) is 19.6 Å². The van der Waals surface area contributed by atoms with Crippen molar-refractivity contribution >= 4 is 27.5 Å². The Morgan fingerprint density at radius 1 is 1.15 bits per heavy atom. The molecule has 2 heterocycles. The maximum atomic E-state index is 13.8. The molecule has 0 spiro atoms. The van der Waals surface area contributed by atoms with Crippen LogP contribution in [0.1, 0.15) is 23.0 Å². The molecule has 2 aromatic heterocycles. The highest BCUT2D eigenvalue weighted by atomic mass is 79.9. The summed E-state index contributed by atoms with van der Waals surface area (Å²) in [6.45, 7) is 1.81. The minimum absolute atomic E-state index is 0.249. The lowest BCUT2D eigenvalue weighted by Gasteiger charge is -2.07. The van der Waals surface area contributed by atoms with Gasteiger partial charge in [0.2, 0.25) is 0 Å². The van der Waals surface area contributed by atoms with Crippen LogP contribution in [-0.2, 0) is 13.1 Å². The van der Waals surface area contributed by atoms with E-state index in [1.807, 2.05) is 6.92 Å². The van der Waals surface area contributed by atoms with Crippen molar-refractivity contribution in [3.63, 3.8) is 0 Å². The Morgan fingerprint density at radius 2 is 1.89 bits per heavy atom. The SMILES string of the molecule is CCn1ncc(Br)c1C(=O)Nc1cnn(Cc2c(F)cc(F)c(F)c2F)c1. The van der Waals surface area contributed by atoms with E-state index in [1.165, 1.54) is 23.3 Å². The summed E-state index contributed by atoms with van der Waals surface area (Å²) in [5.74, 6) is -6.69. The van der Waals surface area contributed by atoms with Gasteiger partial charge in [0.05, 0.1) is 29.1 Å². The first-order valence-electron chi connectivity index (χ1n) is 7.68. The third kappa shape index (κ3) is 3.72. The highest BCUT2D eigenvalue weighted by molar-refractivity contribution is 9.10. The maximum Gasteiger partial charge on any atom is 0.275 e. The molecule has 0 aliphatic rings. The van der Waals surface area contributed by atoms with Crippen molar-refractivity contribution in [2.75, 3.05) is 5.32 Å². The average Bonchev–Trinajstić information content (AvgIpc) is 3.22. The quantitative estimate of drug-likeness (QED) is 0.369. The number of benzene rings is 1. The number of aryl methyl sites for hydroxylation is 1. The first-order valence-corrected chi connectivity index (χ1v) is 8.48. The summed E-state index contributed by atoms with van der Waals surface area (Å²) in [6.07, 6.45) is 4.04. The summed E-state index contributed by atoms with van der Waals surface area (Å²) in [5.41, 5.74) is -0.135. The summed E-state index contributed by atoms with van der Waals surface area (Å²) in [4.78, 5) is 12.4. The molecule has 11 heteroatoms. The van der Waals surface area contributed by atoms with E-state index in [2.05, 4.69) is 31.4 Å². The van der Waals surface area contributed by atoms with Crippen LogP contribution in [0.5, 0.6) is 0 Å². The van der Waals surface area contributed by atoms with Gasteiger partial charge in [-0.1, -0.05) is 0 Å². The fraction of sp³-hybridized carbons (Fsp3) is 0.188. The van der Waals surface area contributed by atoms with Gasteiger partial charge in [0.1, 0.15) is 11.5 Å². The van der Waals surface area contributed by atoms with Crippen molar-refractivity contribution in [1.29, 1.82) is 0 Å². The van der Waals surface area contributed by atoms with Crippen LogP contribution < -0.4 is 5.32 Å². The van der Waals surface area contributed by atoms with Crippen LogP contribution in [0.15, 0.2) is 29.1 Å². The Kier molecular flexibility index (Phi) is 5.31. The third-order valence-electron chi connectivity index (χ3n) is 3.73. The van der Waals surface area contributed by atoms with Gasteiger partial charge in [-0.05, 0) is 22.9 Å². The van der Waals surface area contributed by atoms with Crippen LogP contribution in [0.2, 0.25) is 0 Å². The van der Waals surface area contributed by atoms with Crippen LogP contribution >= 0.6 is 15.9 Å². The topological polar surface area (TPSA) is 64.7 Å². The van der Waals surface area contributed by atoms with Gasteiger partial charge in [-0.3, -0.25) is 14.2 Å². The van der Waals surface area contributed by atoms with Crippen molar-refractivity contribution in [3.05, 3.63) is 63.7 Å². The molecule has 0 fully saturated rings. The minimum Gasteiger partial charge on any atom is -0.318 e. The van der Waals surface area contributed by atoms with Crippen molar-refractivity contribution in [2.24, 2.45) is 0 Å². The lowest BCUT2D eigenvalue weighted by molar-refractivity contribution is 0.101. The van der Waals surface area contributed by atoms with E-state index in [1.54, 1.807) is 0 Å². The Balaban J connectivity index is 1.79. The number of halogens is 5. The number of nitrogens with one attached hydrogen (secondary N) is 1. The van der Waals surface area contributed by atoms with Gasteiger partial charge < -0.3 is 5.32 Å². The second-order valence-electron chi connectivity index (χ2n) is 5.48. The molecule has 0 aliphatic heterocycles. The number of rotatable bonds is 5. The van der Waals surface area contributed by atoms with Gasteiger partial charge in [0.25, 0.3) is 5.91 Å². The van der Waals surface area contributed by atoms with Crippen molar-refractivity contribution < 1.29 is 22.4 Å². The molecule has 0 saturated heterocycles. The maximum absolute atomic E-state index is 13.8. The van der Waals surface area contributed by atoms with E-state index >= 15 is 0 Å². The van der Waals surface area contributed by atoms with Gasteiger partial charge >= 0.3 is 0 Å². The molecular weight excluding hydrogens is 434 g/mol. The third-order valence-corrected chi connectivity index (χ3v) is 4.31. The second kappa shape index (κ2) is 7.51. The number of anilines is 1. The highest BCUT2D eigenvalue weighted by Crippen LogP contribution is 2.21.